The van der Waals surface area contributed by atoms with E-state index in [0.717, 1.165) is 5.56 Å². The molecule has 5 nitrogen and oxygen atoms in total. The Balaban J connectivity index is 2.10. The number of rotatable bonds is 3. The van der Waals surface area contributed by atoms with Gasteiger partial charge in [0.05, 0.1) is 23.0 Å². The van der Waals surface area contributed by atoms with E-state index in [1.54, 1.807) is 16.8 Å². The van der Waals surface area contributed by atoms with Crippen molar-refractivity contribution in [1.29, 1.82) is 0 Å². The Morgan fingerprint density at radius 2 is 1.95 bits per heavy atom. The van der Waals surface area contributed by atoms with Gasteiger partial charge >= 0.3 is 5.97 Å². The van der Waals surface area contributed by atoms with Gasteiger partial charge in [-0.3, -0.25) is 9.78 Å². The summed E-state index contributed by atoms with van der Waals surface area (Å²) in [6.07, 6.45) is 2.93. The Morgan fingerprint density at radius 1 is 1.19 bits per heavy atom. The van der Waals surface area contributed by atoms with Crippen LogP contribution in [0.1, 0.15) is 15.9 Å². The molecule has 0 bridgehead atoms. The number of aromatic carboxylic acids is 1. The number of hydrogen-bond acceptors (Lipinski definition) is 3. The van der Waals surface area contributed by atoms with Gasteiger partial charge in [0, 0.05) is 12.4 Å². The molecule has 1 aromatic carbocycles. The van der Waals surface area contributed by atoms with E-state index in [4.69, 9.17) is 5.11 Å². The average molecular weight is 280 g/mol. The zero-order chi connectivity index (χ0) is 14.8. The fourth-order valence-corrected chi connectivity index (χ4v) is 2.18. The maximum atomic E-state index is 12.4. The fourth-order valence-electron chi connectivity index (χ4n) is 2.18. The first-order valence-corrected chi connectivity index (χ1v) is 6.41. The van der Waals surface area contributed by atoms with Gasteiger partial charge in [0.1, 0.15) is 0 Å². The number of aromatic nitrogens is 2. The van der Waals surface area contributed by atoms with Gasteiger partial charge in [0.2, 0.25) is 0 Å². The molecule has 0 radical (unpaired) electrons. The molecule has 2 heterocycles. The van der Waals surface area contributed by atoms with Gasteiger partial charge in [-0.15, -0.1) is 0 Å². The van der Waals surface area contributed by atoms with Crippen molar-refractivity contribution in [3.63, 3.8) is 0 Å². The van der Waals surface area contributed by atoms with E-state index in [9.17, 15) is 9.59 Å². The Bertz CT molecular complexity index is 870. The van der Waals surface area contributed by atoms with Crippen molar-refractivity contribution >= 4 is 16.9 Å². The van der Waals surface area contributed by atoms with Crippen LogP contribution in [0.25, 0.3) is 10.9 Å². The number of carboxylic acids is 1. The molecule has 0 aliphatic rings. The van der Waals surface area contributed by atoms with E-state index in [1.165, 1.54) is 12.3 Å². The highest BCUT2D eigenvalue weighted by atomic mass is 16.4. The van der Waals surface area contributed by atoms with E-state index in [1.807, 2.05) is 30.3 Å². The molecule has 3 rings (SSSR count). The lowest BCUT2D eigenvalue weighted by molar-refractivity contribution is 0.0696. The minimum atomic E-state index is -1.10. The summed E-state index contributed by atoms with van der Waals surface area (Å²) in [5.41, 5.74) is 1.26. The normalized spacial score (nSPS) is 10.7. The maximum absolute atomic E-state index is 12.4. The SMILES string of the molecule is O=C(O)c1cnc2ccn(Cc3ccccc3)c(=O)c2c1. The number of nitrogens with zero attached hydrogens (tertiary/aromatic N) is 2. The van der Waals surface area contributed by atoms with Crippen LogP contribution in [0.15, 0.2) is 59.7 Å². The molecule has 0 aliphatic carbocycles. The quantitative estimate of drug-likeness (QED) is 0.797. The summed E-state index contributed by atoms with van der Waals surface area (Å²) in [7, 11) is 0. The third kappa shape index (κ3) is 2.53. The molecule has 5 heteroatoms. The van der Waals surface area contributed by atoms with Crippen LogP contribution in [0.4, 0.5) is 0 Å². The molecule has 0 spiro atoms. The molecule has 104 valence electrons. The standard InChI is InChI=1S/C16H12N2O3/c19-15-13-8-12(16(20)21)9-17-14(13)6-7-18(15)10-11-4-2-1-3-5-11/h1-9H,10H2,(H,20,21). The molecule has 21 heavy (non-hydrogen) atoms. The summed E-state index contributed by atoms with van der Waals surface area (Å²) in [5.74, 6) is -1.10. The number of hydrogen-bond donors (Lipinski definition) is 1. The zero-order valence-corrected chi connectivity index (χ0v) is 11.1. The largest absolute Gasteiger partial charge is 0.478 e. The van der Waals surface area contributed by atoms with Crippen LogP contribution < -0.4 is 5.56 Å². The predicted molar refractivity (Wildman–Crippen MR) is 78.5 cm³/mol. The summed E-state index contributed by atoms with van der Waals surface area (Å²) < 4.78 is 1.55. The number of fused-ring (bicyclic) bond motifs is 1. The van der Waals surface area contributed by atoms with E-state index >= 15 is 0 Å². The van der Waals surface area contributed by atoms with E-state index in [-0.39, 0.29) is 11.1 Å². The lowest BCUT2D eigenvalue weighted by atomic mass is 10.2. The first kappa shape index (κ1) is 13.1. The molecular weight excluding hydrogens is 268 g/mol. The second kappa shape index (κ2) is 5.20. The molecule has 0 unspecified atom stereocenters. The van der Waals surface area contributed by atoms with E-state index in [0.29, 0.717) is 17.4 Å². The summed E-state index contributed by atoms with van der Waals surface area (Å²) in [6, 6.07) is 12.7. The Kier molecular flexibility index (Phi) is 3.23. The molecular formula is C16H12N2O3. The van der Waals surface area contributed by atoms with Crippen molar-refractivity contribution in [3.05, 3.63) is 76.3 Å². The Morgan fingerprint density at radius 3 is 2.67 bits per heavy atom. The highest BCUT2D eigenvalue weighted by Crippen LogP contribution is 2.10. The van der Waals surface area contributed by atoms with E-state index < -0.39 is 5.97 Å². The average Bonchev–Trinajstić information content (AvgIpc) is 2.51. The van der Waals surface area contributed by atoms with Crippen molar-refractivity contribution in [2.75, 3.05) is 0 Å². The molecule has 0 amide bonds. The second-order valence-electron chi connectivity index (χ2n) is 4.70. The topological polar surface area (TPSA) is 72.2 Å². The molecule has 2 aromatic heterocycles. The van der Waals surface area contributed by atoms with Gasteiger partial charge < -0.3 is 9.67 Å². The maximum Gasteiger partial charge on any atom is 0.337 e. The molecule has 3 aromatic rings. The van der Waals surface area contributed by atoms with Gasteiger partial charge in [-0.2, -0.15) is 0 Å². The van der Waals surface area contributed by atoms with Crippen molar-refractivity contribution in [2.24, 2.45) is 0 Å². The molecule has 0 aliphatic heterocycles. The summed E-state index contributed by atoms with van der Waals surface area (Å²) in [5, 5.41) is 9.30. The van der Waals surface area contributed by atoms with Crippen LogP contribution >= 0.6 is 0 Å². The first-order chi connectivity index (χ1) is 10.1. The Hall–Kier alpha value is -2.95. The van der Waals surface area contributed by atoms with Gasteiger partial charge in [0.25, 0.3) is 5.56 Å². The van der Waals surface area contributed by atoms with Crippen LogP contribution in [-0.4, -0.2) is 20.6 Å². The van der Waals surface area contributed by atoms with Gasteiger partial charge in [-0.1, -0.05) is 30.3 Å². The monoisotopic (exact) mass is 280 g/mol. The van der Waals surface area contributed by atoms with Crippen LogP contribution in [0.5, 0.6) is 0 Å². The third-order valence-electron chi connectivity index (χ3n) is 3.26. The summed E-state index contributed by atoms with van der Waals surface area (Å²) in [6.45, 7) is 0.437. The van der Waals surface area contributed by atoms with Crippen LogP contribution in [0.3, 0.4) is 0 Å². The van der Waals surface area contributed by atoms with E-state index in [2.05, 4.69) is 4.98 Å². The van der Waals surface area contributed by atoms with Gasteiger partial charge in [0.15, 0.2) is 0 Å². The lowest BCUT2D eigenvalue weighted by Gasteiger charge is -2.07. The fraction of sp³-hybridized carbons (Fsp3) is 0.0625. The summed E-state index contributed by atoms with van der Waals surface area (Å²) >= 11 is 0. The smallest absolute Gasteiger partial charge is 0.337 e. The number of carbonyl (C=O) groups is 1. The van der Waals surface area contributed by atoms with Crippen molar-refractivity contribution in [2.45, 2.75) is 6.54 Å². The minimum absolute atomic E-state index is 0.0112. The molecule has 0 saturated carbocycles. The van der Waals surface area contributed by atoms with Crippen molar-refractivity contribution in [3.8, 4) is 0 Å². The third-order valence-corrected chi connectivity index (χ3v) is 3.26. The lowest BCUT2D eigenvalue weighted by Crippen LogP contribution is -2.20. The molecule has 0 atom stereocenters. The Labute approximate surface area is 120 Å². The minimum Gasteiger partial charge on any atom is -0.478 e. The van der Waals surface area contributed by atoms with Crippen LogP contribution in [0.2, 0.25) is 0 Å². The highest BCUT2D eigenvalue weighted by Gasteiger charge is 2.09. The first-order valence-electron chi connectivity index (χ1n) is 6.41. The molecule has 0 fully saturated rings. The number of pyridine rings is 2. The van der Waals surface area contributed by atoms with Crippen molar-refractivity contribution < 1.29 is 9.90 Å². The van der Waals surface area contributed by atoms with Crippen molar-refractivity contribution in [1.82, 2.24) is 9.55 Å². The van der Waals surface area contributed by atoms with Gasteiger partial charge in [-0.25, -0.2) is 4.79 Å². The van der Waals surface area contributed by atoms with Crippen LogP contribution in [-0.2, 0) is 6.54 Å². The number of benzene rings is 1. The van der Waals surface area contributed by atoms with Gasteiger partial charge in [-0.05, 0) is 17.7 Å². The predicted octanol–water partition coefficient (Wildman–Crippen LogP) is 2.14. The highest BCUT2D eigenvalue weighted by molar-refractivity contribution is 5.92. The second-order valence-corrected chi connectivity index (χ2v) is 4.70. The van der Waals surface area contributed by atoms with Crippen LogP contribution in [0, 0.1) is 0 Å². The zero-order valence-electron chi connectivity index (χ0n) is 11.1. The molecule has 0 saturated heterocycles. The summed E-state index contributed by atoms with van der Waals surface area (Å²) in [4.78, 5) is 27.4. The molecule has 1 N–H and O–H groups in total. The number of carboxylic acid groups (broad SMARTS) is 1.